The number of hydrogen-bond donors (Lipinski definition) is 0. The van der Waals surface area contributed by atoms with E-state index in [1.54, 1.807) is 0 Å². The van der Waals surface area contributed by atoms with Crippen LogP contribution in [0.2, 0.25) is 0 Å². The smallest absolute Gasteiger partial charge is 0.321 e. The lowest BCUT2D eigenvalue weighted by molar-refractivity contribution is 0.112. The van der Waals surface area contributed by atoms with Crippen molar-refractivity contribution in [2.24, 2.45) is 0 Å². The van der Waals surface area contributed by atoms with E-state index in [1.165, 1.54) is 12.4 Å². The van der Waals surface area contributed by atoms with E-state index in [0.717, 1.165) is 10.0 Å². The van der Waals surface area contributed by atoms with Crippen LogP contribution >= 0.6 is 15.9 Å². The maximum absolute atomic E-state index is 10.4. The molecule has 0 saturated carbocycles. The summed E-state index contributed by atoms with van der Waals surface area (Å²) in [6, 6.07) is 5.80. The highest BCUT2D eigenvalue weighted by Gasteiger charge is 2.02. The molecule has 0 aliphatic rings. The number of nitrogens with zero attached hydrogens (tertiary/aromatic N) is 2. The minimum Gasteiger partial charge on any atom is -0.424 e. The molecule has 0 N–H and O–H groups in total. The molecule has 0 spiro atoms. The molecule has 0 aliphatic carbocycles. The molecule has 17 heavy (non-hydrogen) atoms. The summed E-state index contributed by atoms with van der Waals surface area (Å²) >= 11 is 3.41. The van der Waals surface area contributed by atoms with Gasteiger partial charge in [-0.1, -0.05) is 15.9 Å². The summed E-state index contributed by atoms with van der Waals surface area (Å²) in [5, 5.41) is 0. The molecular weight excluding hydrogens is 284 g/mol. The molecule has 0 fully saturated rings. The SMILES string of the molecule is Cc1cc(Oc2ncc(C=O)cn2)ccc1Br. The van der Waals surface area contributed by atoms with Gasteiger partial charge in [0, 0.05) is 16.9 Å². The predicted octanol–water partition coefficient (Wildman–Crippen LogP) is 3.15. The second kappa shape index (κ2) is 5.05. The summed E-state index contributed by atoms with van der Waals surface area (Å²) in [6.07, 6.45) is 3.52. The van der Waals surface area contributed by atoms with Crippen LogP contribution in [0, 0.1) is 6.92 Å². The Bertz CT molecular complexity index is 541. The van der Waals surface area contributed by atoms with Gasteiger partial charge < -0.3 is 4.74 Å². The van der Waals surface area contributed by atoms with Crippen molar-refractivity contribution in [3.05, 3.63) is 46.2 Å². The Morgan fingerprint density at radius 2 is 2.00 bits per heavy atom. The highest BCUT2D eigenvalue weighted by molar-refractivity contribution is 9.10. The monoisotopic (exact) mass is 292 g/mol. The molecule has 1 aromatic heterocycles. The zero-order chi connectivity index (χ0) is 12.3. The lowest BCUT2D eigenvalue weighted by atomic mass is 10.2. The molecule has 0 atom stereocenters. The Balaban J connectivity index is 2.19. The molecule has 0 aliphatic heterocycles. The molecule has 0 unspecified atom stereocenters. The first kappa shape index (κ1) is 11.7. The lowest BCUT2D eigenvalue weighted by Gasteiger charge is -2.05. The van der Waals surface area contributed by atoms with E-state index in [4.69, 9.17) is 4.74 Å². The fraction of sp³-hybridized carbons (Fsp3) is 0.0833. The van der Waals surface area contributed by atoms with Crippen LogP contribution in [0.4, 0.5) is 0 Å². The Morgan fingerprint density at radius 3 is 2.59 bits per heavy atom. The van der Waals surface area contributed by atoms with Crippen LogP contribution in [0.15, 0.2) is 35.1 Å². The van der Waals surface area contributed by atoms with E-state index >= 15 is 0 Å². The van der Waals surface area contributed by atoms with Crippen LogP contribution in [-0.4, -0.2) is 16.3 Å². The number of carbonyl (C=O) groups is 1. The number of halogens is 1. The quantitative estimate of drug-likeness (QED) is 0.816. The first-order valence-electron chi connectivity index (χ1n) is 4.90. The number of carbonyl (C=O) groups excluding carboxylic acids is 1. The third-order valence-corrected chi connectivity index (χ3v) is 3.01. The van der Waals surface area contributed by atoms with Crippen LogP contribution < -0.4 is 4.74 Å². The Hall–Kier alpha value is -1.75. The van der Waals surface area contributed by atoms with Crippen LogP contribution in [0.3, 0.4) is 0 Å². The van der Waals surface area contributed by atoms with Gasteiger partial charge in [-0.2, -0.15) is 0 Å². The van der Waals surface area contributed by atoms with Gasteiger partial charge in [0.1, 0.15) is 5.75 Å². The maximum Gasteiger partial charge on any atom is 0.321 e. The van der Waals surface area contributed by atoms with E-state index in [0.29, 0.717) is 17.6 Å². The molecule has 0 bridgehead atoms. The third kappa shape index (κ3) is 2.88. The van der Waals surface area contributed by atoms with Gasteiger partial charge in [-0.3, -0.25) is 4.79 Å². The first-order valence-corrected chi connectivity index (χ1v) is 5.69. The van der Waals surface area contributed by atoms with Gasteiger partial charge in [0.15, 0.2) is 6.29 Å². The van der Waals surface area contributed by atoms with Gasteiger partial charge in [-0.25, -0.2) is 9.97 Å². The van der Waals surface area contributed by atoms with Crippen molar-refractivity contribution in [3.8, 4) is 11.8 Å². The normalized spacial score (nSPS) is 10.0. The molecule has 2 aromatic rings. The van der Waals surface area contributed by atoms with Crippen LogP contribution in [0.5, 0.6) is 11.8 Å². The molecule has 0 radical (unpaired) electrons. The number of ether oxygens (including phenoxy) is 1. The number of aromatic nitrogens is 2. The lowest BCUT2D eigenvalue weighted by Crippen LogP contribution is -1.93. The summed E-state index contributed by atoms with van der Waals surface area (Å²) in [7, 11) is 0. The predicted molar refractivity (Wildman–Crippen MR) is 66.4 cm³/mol. The number of aldehydes is 1. The molecule has 86 valence electrons. The van der Waals surface area contributed by atoms with Crippen molar-refractivity contribution in [2.45, 2.75) is 6.92 Å². The molecule has 2 rings (SSSR count). The Kier molecular flexibility index (Phi) is 3.49. The highest BCUT2D eigenvalue weighted by atomic mass is 79.9. The second-order valence-corrected chi connectivity index (χ2v) is 4.28. The summed E-state index contributed by atoms with van der Waals surface area (Å²) in [5.41, 5.74) is 1.48. The average Bonchev–Trinajstić information content (AvgIpc) is 2.35. The average molecular weight is 293 g/mol. The van der Waals surface area contributed by atoms with E-state index in [-0.39, 0.29) is 6.01 Å². The van der Waals surface area contributed by atoms with Crippen molar-refractivity contribution in [2.75, 3.05) is 0 Å². The molecule has 0 amide bonds. The van der Waals surface area contributed by atoms with Gasteiger partial charge in [0.2, 0.25) is 0 Å². The fourth-order valence-electron chi connectivity index (χ4n) is 1.23. The van der Waals surface area contributed by atoms with E-state index in [9.17, 15) is 4.79 Å². The summed E-state index contributed by atoms with van der Waals surface area (Å²) in [5.74, 6) is 0.657. The zero-order valence-electron chi connectivity index (χ0n) is 9.05. The van der Waals surface area contributed by atoms with E-state index in [1.807, 2.05) is 25.1 Å². The largest absolute Gasteiger partial charge is 0.424 e. The molecule has 0 saturated heterocycles. The number of benzene rings is 1. The summed E-state index contributed by atoms with van der Waals surface area (Å²) in [4.78, 5) is 18.3. The van der Waals surface area contributed by atoms with Crippen molar-refractivity contribution >= 4 is 22.2 Å². The van der Waals surface area contributed by atoms with Crippen molar-refractivity contribution in [1.82, 2.24) is 9.97 Å². The Labute approximate surface area is 107 Å². The van der Waals surface area contributed by atoms with Gasteiger partial charge in [0.25, 0.3) is 0 Å². The van der Waals surface area contributed by atoms with Crippen LogP contribution in [-0.2, 0) is 0 Å². The molecular formula is C12H9BrN2O2. The first-order chi connectivity index (χ1) is 8.19. The summed E-state index contributed by atoms with van der Waals surface area (Å²) < 4.78 is 6.47. The van der Waals surface area contributed by atoms with Crippen molar-refractivity contribution in [1.29, 1.82) is 0 Å². The van der Waals surface area contributed by atoms with Gasteiger partial charge in [-0.05, 0) is 30.7 Å². The standard InChI is InChI=1S/C12H9BrN2O2/c1-8-4-10(2-3-11(8)13)17-12-14-5-9(7-16)6-15-12/h2-7H,1H3. The Morgan fingerprint density at radius 1 is 1.29 bits per heavy atom. The molecule has 1 heterocycles. The van der Waals surface area contributed by atoms with Gasteiger partial charge >= 0.3 is 6.01 Å². The van der Waals surface area contributed by atoms with E-state index < -0.39 is 0 Å². The van der Waals surface area contributed by atoms with Gasteiger partial charge in [-0.15, -0.1) is 0 Å². The summed E-state index contributed by atoms with van der Waals surface area (Å²) in [6.45, 7) is 1.97. The van der Waals surface area contributed by atoms with Crippen molar-refractivity contribution in [3.63, 3.8) is 0 Å². The van der Waals surface area contributed by atoms with Crippen LogP contribution in [0.25, 0.3) is 0 Å². The van der Waals surface area contributed by atoms with Crippen LogP contribution in [0.1, 0.15) is 15.9 Å². The topological polar surface area (TPSA) is 52.1 Å². The van der Waals surface area contributed by atoms with E-state index in [2.05, 4.69) is 25.9 Å². The number of hydrogen-bond acceptors (Lipinski definition) is 4. The second-order valence-electron chi connectivity index (χ2n) is 3.43. The van der Waals surface area contributed by atoms with Crippen molar-refractivity contribution < 1.29 is 9.53 Å². The number of aryl methyl sites for hydroxylation is 1. The zero-order valence-corrected chi connectivity index (χ0v) is 10.6. The number of rotatable bonds is 3. The molecule has 1 aromatic carbocycles. The third-order valence-electron chi connectivity index (χ3n) is 2.12. The van der Waals surface area contributed by atoms with Gasteiger partial charge in [0.05, 0.1) is 5.56 Å². The molecule has 4 nitrogen and oxygen atoms in total. The highest BCUT2D eigenvalue weighted by Crippen LogP contribution is 2.24. The molecule has 5 heteroatoms. The fourth-order valence-corrected chi connectivity index (χ4v) is 1.47. The maximum atomic E-state index is 10.4. The minimum atomic E-state index is 0.220. The minimum absolute atomic E-state index is 0.220.